The monoisotopic (exact) mass is 146 g/mol. The molecule has 0 saturated heterocycles. The van der Waals surface area contributed by atoms with Crippen LogP contribution in [0.2, 0.25) is 0 Å². The zero-order valence-electron chi connectivity index (χ0n) is 4.76. The first-order valence-corrected chi connectivity index (χ1v) is 3.06. The second kappa shape index (κ2) is 2.31. The predicted molar refractivity (Wildman–Crippen MR) is 35.5 cm³/mol. The highest BCUT2D eigenvalue weighted by molar-refractivity contribution is 6.31. The van der Waals surface area contributed by atoms with E-state index in [0.717, 1.165) is 0 Å². The molecule has 0 aromatic rings. The lowest BCUT2D eigenvalue weighted by atomic mass is 10.1. The van der Waals surface area contributed by atoms with E-state index in [2.05, 4.69) is 0 Å². The fourth-order valence-corrected chi connectivity index (χ4v) is 0.907. The first kappa shape index (κ1) is 6.49. The summed E-state index contributed by atoms with van der Waals surface area (Å²) in [5.41, 5.74) is 0. The summed E-state index contributed by atoms with van der Waals surface area (Å²) in [6, 6.07) is 0. The Morgan fingerprint density at radius 3 is 2.56 bits per heavy atom. The molecule has 0 saturated carbocycles. The summed E-state index contributed by atoms with van der Waals surface area (Å²) >= 11 is 5.46. The lowest BCUT2D eigenvalue weighted by Gasteiger charge is -2.07. The van der Waals surface area contributed by atoms with Gasteiger partial charge in [-0.1, -0.05) is 17.7 Å². The van der Waals surface area contributed by atoms with Gasteiger partial charge in [-0.2, -0.15) is 0 Å². The van der Waals surface area contributed by atoms with Gasteiger partial charge in [0.25, 0.3) is 0 Å². The molecule has 50 valence electrons. The molecule has 0 aliphatic heterocycles. The van der Waals surface area contributed by atoms with E-state index < -0.39 is 0 Å². The Hall–Kier alpha value is -0.630. The van der Waals surface area contributed by atoms with Crippen molar-refractivity contribution in [2.24, 2.45) is 0 Å². The van der Waals surface area contributed by atoms with Crippen LogP contribution in [0, 0.1) is 0 Å². The van der Waals surface area contributed by atoms with E-state index in [0.29, 0.717) is 12.8 Å². The number of aliphatic hydroxyl groups excluding tert-OH is 2. The number of rotatable bonds is 0. The van der Waals surface area contributed by atoms with Gasteiger partial charge < -0.3 is 10.2 Å². The Kier molecular flexibility index (Phi) is 1.67. The predicted octanol–water partition coefficient (Wildman–Crippen LogP) is 2.23. The molecule has 0 atom stereocenters. The van der Waals surface area contributed by atoms with Gasteiger partial charge in [0.1, 0.15) is 5.76 Å². The molecule has 1 aliphatic rings. The maximum Gasteiger partial charge on any atom is 0.171 e. The zero-order chi connectivity index (χ0) is 6.85. The minimum absolute atomic E-state index is 0.0116. The van der Waals surface area contributed by atoms with Gasteiger partial charge in [-0.15, -0.1) is 0 Å². The summed E-state index contributed by atoms with van der Waals surface area (Å²) in [6.45, 7) is 0. The number of halogens is 1. The van der Waals surface area contributed by atoms with E-state index >= 15 is 0 Å². The summed E-state index contributed by atoms with van der Waals surface area (Å²) in [5, 5.41) is 18.0. The van der Waals surface area contributed by atoms with Gasteiger partial charge in [-0.25, -0.2) is 0 Å². The van der Waals surface area contributed by atoms with Crippen molar-refractivity contribution in [3.8, 4) is 0 Å². The Balaban J connectivity index is 2.88. The highest BCUT2D eigenvalue weighted by Crippen LogP contribution is 2.23. The van der Waals surface area contributed by atoms with Crippen LogP contribution in [0.25, 0.3) is 0 Å². The van der Waals surface area contributed by atoms with Crippen molar-refractivity contribution in [2.75, 3.05) is 0 Å². The minimum Gasteiger partial charge on any atom is -0.508 e. The lowest BCUT2D eigenvalue weighted by Crippen LogP contribution is -1.95. The Morgan fingerprint density at radius 1 is 1.44 bits per heavy atom. The molecule has 9 heavy (non-hydrogen) atoms. The van der Waals surface area contributed by atoms with Crippen molar-refractivity contribution in [1.82, 2.24) is 0 Å². The smallest absolute Gasteiger partial charge is 0.171 e. The summed E-state index contributed by atoms with van der Waals surface area (Å²) in [5.74, 6) is -0.189. The SMILES string of the molecule is OC1=C(O)C(Cl)=CCC1. The van der Waals surface area contributed by atoms with Gasteiger partial charge in [0.15, 0.2) is 5.76 Å². The summed E-state index contributed by atoms with van der Waals surface area (Å²) in [6.07, 6.45) is 2.87. The van der Waals surface area contributed by atoms with Crippen LogP contribution in [0.3, 0.4) is 0 Å². The van der Waals surface area contributed by atoms with Crippen molar-refractivity contribution in [2.45, 2.75) is 12.8 Å². The van der Waals surface area contributed by atoms with E-state index in [9.17, 15) is 0 Å². The minimum atomic E-state index is -0.178. The zero-order valence-corrected chi connectivity index (χ0v) is 5.52. The molecule has 2 N–H and O–H groups in total. The third-order valence-corrected chi connectivity index (χ3v) is 1.54. The number of hydrogen-bond donors (Lipinski definition) is 2. The summed E-state index contributed by atoms with van der Waals surface area (Å²) in [7, 11) is 0. The van der Waals surface area contributed by atoms with Crippen molar-refractivity contribution in [1.29, 1.82) is 0 Å². The standard InChI is InChI=1S/C6H7ClO2/c7-4-2-1-3-5(8)6(4)9/h2,8-9H,1,3H2. The van der Waals surface area contributed by atoms with Crippen LogP contribution in [-0.2, 0) is 0 Å². The molecule has 0 radical (unpaired) electrons. The molecule has 3 heteroatoms. The second-order valence-electron chi connectivity index (χ2n) is 1.89. The number of aliphatic hydroxyl groups is 2. The van der Waals surface area contributed by atoms with Gasteiger partial charge in [-0.3, -0.25) is 0 Å². The highest BCUT2D eigenvalue weighted by atomic mass is 35.5. The first-order valence-electron chi connectivity index (χ1n) is 2.69. The van der Waals surface area contributed by atoms with Gasteiger partial charge in [0, 0.05) is 6.42 Å². The maximum absolute atomic E-state index is 8.88. The third kappa shape index (κ3) is 1.19. The van der Waals surface area contributed by atoms with Crippen molar-refractivity contribution in [3.63, 3.8) is 0 Å². The second-order valence-corrected chi connectivity index (χ2v) is 2.29. The van der Waals surface area contributed by atoms with Crippen molar-refractivity contribution >= 4 is 11.6 Å². The number of allylic oxidation sites excluding steroid dienone is 3. The average Bonchev–Trinajstić information content (AvgIpc) is 1.83. The summed E-state index contributed by atoms with van der Waals surface area (Å²) < 4.78 is 0. The van der Waals surface area contributed by atoms with Gasteiger partial charge in [-0.05, 0) is 6.42 Å². The molecule has 2 nitrogen and oxygen atoms in total. The third-order valence-electron chi connectivity index (χ3n) is 1.20. The molecule has 0 unspecified atom stereocenters. The topological polar surface area (TPSA) is 40.5 Å². The molecule has 0 aromatic carbocycles. The van der Waals surface area contributed by atoms with E-state index in [4.69, 9.17) is 21.8 Å². The van der Waals surface area contributed by atoms with Crippen LogP contribution in [0.5, 0.6) is 0 Å². The van der Waals surface area contributed by atoms with Gasteiger partial charge in [0.2, 0.25) is 0 Å². The van der Waals surface area contributed by atoms with E-state index in [1.807, 2.05) is 0 Å². The Labute approximate surface area is 58.1 Å². The molecule has 0 fully saturated rings. The fraction of sp³-hybridized carbons (Fsp3) is 0.333. The summed E-state index contributed by atoms with van der Waals surface area (Å²) in [4.78, 5) is 0. The van der Waals surface area contributed by atoms with E-state index in [1.165, 1.54) is 0 Å². The van der Waals surface area contributed by atoms with Crippen molar-refractivity contribution in [3.05, 3.63) is 22.6 Å². The van der Waals surface area contributed by atoms with Crippen LogP contribution in [-0.4, -0.2) is 10.2 Å². The molecular formula is C6H7ClO2. The quantitative estimate of drug-likeness (QED) is 0.550. The normalized spacial score (nSPS) is 19.9. The van der Waals surface area contributed by atoms with Crippen LogP contribution in [0.15, 0.2) is 22.6 Å². The largest absolute Gasteiger partial charge is 0.508 e. The molecule has 0 heterocycles. The first-order chi connectivity index (χ1) is 4.22. The Bertz CT molecular complexity index is 181. The van der Waals surface area contributed by atoms with Gasteiger partial charge >= 0.3 is 0 Å². The Morgan fingerprint density at radius 2 is 2.11 bits per heavy atom. The molecule has 1 aliphatic carbocycles. The van der Waals surface area contributed by atoms with Crippen LogP contribution < -0.4 is 0 Å². The van der Waals surface area contributed by atoms with Crippen LogP contribution in [0.4, 0.5) is 0 Å². The molecule has 1 rings (SSSR count). The van der Waals surface area contributed by atoms with Gasteiger partial charge in [0.05, 0.1) is 5.03 Å². The molecule has 0 bridgehead atoms. The van der Waals surface area contributed by atoms with Crippen LogP contribution >= 0.6 is 11.6 Å². The molecule has 0 spiro atoms. The highest BCUT2D eigenvalue weighted by Gasteiger charge is 2.11. The maximum atomic E-state index is 8.88. The van der Waals surface area contributed by atoms with E-state index in [-0.39, 0.29) is 16.6 Å². The van der Waals surface area contributed by atoms with Crippen molar-refractivity contribution < 1.29 is 10.2 Å². The lowest BCUT2D eigenvalue weighted by molar-refractivity contribution is 0.317. The molecule has 0 aromatic heterocycles. The molecular weight excluding hydrogens is 140 g/mol. The molecule has 0 amide bonds. The van der Waals surface area contributed by atoms with Crippen LogP contribution in [0.1, 0.15) is 12.8 Å². The fourth-order valence-electron chi connectivity index (χ4n) is 0.689. The average molecular weight is 147 g/mol. The number of hydrogen-bond acceptors (Lipinski definition) is 2. The van der Waals surface area contributed by atoms with E-state index in [1.54, 1.807) is 6.08 Å².